The summed E-state index contributed by atoms with van der Waals surface area (Å²) in [5.41, 5.74) is 1.12. The number of rotatable bonds is 16. The molecule has 3 aromatic rings. The molecule has 2 aliphatic rings. The number of anilines is 1. The monoisotopic (exact) mass is 753 g/mol. The second kappa shape index (κ2) is 15.2. The third-order valence-electron chi connectivity index (χ3n) is 8.11. The third-order valence-corrected chi connectivity index (χ3v) is 10.3. The van der Waals surface area contributed by atoms with E-state index in [1.165, 1.54) is 24.9 Å². The van der Waals surface area contributed by atoms with E-state index in [0.29, 0.717) is 19.3 Å². The molecule has 9 atom stereocenters. The van der Waals surface area contributed by atoms with Gasteiger partial charge >= 0.3 is 21.3 Å². The van der Waals surface area contributed by atoms with Crippen LogP contribution in [0.2, 0.25) is 0 Å². The van der Waals surface area contributed by atoms with Gasteiger partial charge in [0.1, 0.15) is 23.9 Å². The number of ether oxygens (including phenoxy) is 3. The smallest absolute Gasteiger partial charge is 0.374 e. The van der Waals surface area contributed by atoms with Crippen LogP contribution in [0, 0.1) is 0 Å². The molecule has 5 heterocycles. The van der Waals surface area contributed by atoms with Gasteiger partial charge in [0.25, 0.3) is 11.1 Å². The first-order valence-corrected chi connectivity index (χ1v) is 18.4. The topological polar surface area (TPSA) is 284 Å². The van der Waals surface area contributed by atoms with Gasteiger partial charge in [-0.05, 0) is 13.3 Å². The van der Waals surface area contributed by atoms with Crippen molar-refractivity contribution < 1.29 is 55.6 Å². The fourth-order valence-electron chi connectivity index (χ4n) is 5.85. The van der Waals surface area contributed by atoms with Gasteiger partial charge < -0.3 is 29.7 Å². The number of unbranched alkanes of at least 4 members (excludes halogenated alkanes) is 2. The molecular weight excluding hydrogens is 715 g/mol. The number of aromatic nitrogens is 6. The average Bonchev–Trinajstić information content (AvgIpc) is 3.69. The number of aromatic amines is 2. The van der Waals surface area contributed by atoms with E-state index in [1.807, 2.05) is 11.9 Å². The van der Waals surface area contributed by atoms with Gasteiger partial charge in [-0.1, -0.05) is 26.2 Å². The van der Waals surface area contributed by atoms with E-state index in [9.17, 15) is 33.3 Å². The Morgan fingerprint density at radius 3 is 2.54 bits per heavy atom. The number of imidazole rings is 1. The summed E-state index contributed by atoms with van der Waals surface area (Å²) in [5.74, 6) is -0.249. The Labute approximate surface area is 282 Å². The van der Waals surface area contributed by atoms with Crippen molar-refractivity contribution >= 4 is 32.8 Å². The molecule has 3 aromatic heterocycles. The molecule has 2 saturated heterocycles. The normalized spacial score (nSPS) is 29.3. The lowest BCUT2D eigenvalue weighted by molar-refractivity contribution is -0.0662. The van der Waals surface area contributed by atoms with Crippen LogP contribution in [-0.4, -0.2) is 95.9 Å². The second-order valence-corrected chi connectivity index (χ2v) is 14.3. The number of nitrogens with one attached hydrogen (secondary N) is 2. The van der Waals surface area contributed by atoms with Crippen molar-refractivity contribution in [2.45, 2.75) is 82.1 Å². The number of alkyl halides is 1. The molecular formula is C26H38FN7O14P2. The van der Waals surface area contributed by atoms with Crippen LogP contribution < -0.4 is 22.5 Å². The maximum Gasteiger partial charge on any atom is 0.473 e. The highest BCUT2D eigenvalue weighted by atomic mass is 31.2. The van der Waals surface area contributed by atoms with Gasteiger partial charge in [-0.2, -0.15) is 4.98 Å². The van der Waals surface area contributed by atoms with Gasteiger partial charge in [0, 0.05) is 19.4 Å². The number of nitrogens with two attached hydrogens (primary N) is 1. The highest BCUT2D eigenvalue weighted by Gasteiger charge is 2.57. The summed E-state index contributed by atoms with van der Waals surface area (Å²) in [5, 5.41) is 0. The molecule has 6 unspecified atom stereocenters. The van der Waals surface area contributed by atoms with Crippen LogP contribution in [0.3, 0.4) is 0 Å². The Morgan fingerprint density at radius 2 is 1.86 bits per heavy atom. The van der Waals surface area contributed by atoms with E-state index in [0.717, 1.165) is 16.8 Å². The van der Waals surface area contributed by atoms with E-state index in [2.05, 4.69) is 15.0 Å². The molecule has 2 fully saturated rings. The third kappa shape index (κ3) is 8.00. The highest BCUT2D eigenvalue weighted by Crippen LogP contribution is 2.55. The van der Waals surface area contributed by atoms with Gasteiger partial charge in [-0.25, -0.2) is 23.3 Å². The maximum atomic E-state index is 16.2. The minimum atomic E-state index is -5.23. The molecule has 24 heteroatoms. The summed E-state index contributed by atoms with van der Waals surface area (Å²) < 4.78 is 82.6. The zero-order valence-corrected chi connectivity index (χ0v) is 28.9. The van der Waals surface area contributed by atoms with Gasteiger partial charge in [-0.15, -0.1) is 0 Å². The van der Waals surface area contributed by atoms with Crippen molar-refractivity contribution in [2.24, 2.45) is 0 Å². The van der Waals surface area contributed by atoms with Gasteiger partial charge in [0.15, 0.2) is 29.8 Å². The number of methoxy groups -OCH3 is 1. The molecule has 0 aromatic carbocycles. The quantitative estimate of drug-likeness (QED) is 0.101. The predicted octanol–water partition coefficient (Wildman–Crippen LogP) is 1.01. The molecule has 0 amide bonds. The van der Waals surface area contributed by atoms with E-state index in [1.54, 1.807) is 0 Å². The lowest BCUT2D eigenvalue weighted by Gasteiger charge is -2.32. The number of fused-ring (bicyclic) bond motifs is 1. The largest absolute Gasteiger partial charge is 0.473 e. The number of H-pyrrole nitrogens is 2. The molecule has 0 saturated carbocycles. The van der Waals surface area contributed by atoms with Crippen LogP contribution in [0.1, 0.15) is 52.0 Å². The summed E-state index contributed by atoms with van der Waals surface area (Å²) >= 11 is 0. The molecule has 5 rings (SSSR count). The molecule has 6 N–H and O–H groups in total. The summed E-state index contributed by atoms with van der Waals surface area (Å²) in [6, 6.07) is 0.989. The van der Waals surface area contributed by atoms with E-state index < -0.39 is 88.2 Å². The molecule has 0 radical (unpaired) electrons. The molecule has 2 aliphatic heterocycles. The average molecular weight is 754 g/mol. The number of phosphoric ester groups is 2. The molecule has 0 spiro atoms. The number of halogens is 1. The standard InChI is InChI=1S/C26H38FN7O14P2/c1-4-6-7-9-26(12-43-23(19(26)27)33-10-8-15(35)30-25(33)37)48-50(40,41)45-11-14-17(47-49(38,39)44-5-2)18(42-3)22(46-14)34-13-29-16-20(34)31-24(28)32-21(16)36/h8,10,13-14,17-19,22-23H,4-7,9,11-12H2,1-3H3,(H,38,39)(H,40,41)(H,30,35,37)(H3,28,31,32,36)/t14-,17?,18?,19?,22-,23-,26?/m1/s1. The van der Waals surface area contributed by atoms with Crippen molar-refractivity contribution in [1.82, 2.24) is 29.1 Å². The van der Waals surface area contributed by atoms with Crippen LogP contribution in [0.25, 0.3) is 11.2 Å². The minimum Gasteiger partial charge on any atom is -0.374 e. The molecule has 50 heavy (non-hydrogen) atoms. The minimum absolute atomic E-state index is 0.0489. The Hall–Kier alpha value is -3.14. The van der Waals surface area contributed by atoms with Gasteiger partial charge in [0.05, 0.1) is 26.1 Å². The zero-order valence-electron chi connectivity index (χ0n) is 27.1. The Morgan fingerprint density at radius 1 is 1.10 bits per heavy atom. The van der Waals surface area contributed by atoms with Crippen LogP contribution >= 0.6 is 15.6 Å². The summed E-state index contributed by atoms with van der Waals surface area (Å²) in [6.45, 7) is 1.70. The molecule has 21 nitrogen and oxygen atoms in total. The van der Waals surface area contributed by atoms with Crippen LogP contribution in [0.5, 0.6) is 0 Å². The fraction of sp³-hybridized carbons (Fsp3) is 0.654. The Kier molecular flexibility index (Phi) is 11.6. The lowest BCUT2D eigenvalue weighted by atomic mass is 9.93. The molecule has 278 valence electrons. The summed E-state index contributed by atoms with van der Waals surface area (Å²) in [6.07, 6.45) is -5.59. The van der Waals surface area contributed by atoms with Crippen LogP contribution in [0.4, 0.5) is 10.3 Å². The fourth-order valence-corrected chi connectivity index (χ4v) is 7.89. The van der Waals surface area contributed by atoms with Crippen LogP contribution in [0.15, 0.2) is 33.0 Å². The van der Waals surface area contributed by atoms with E-state index >= 15 is 4.39 Å². The van der Waals surface area contributed by atoms with Crippen molar-refractivity contribution in [2.75, 3.05) is 32.7 Å². The number of nitrogens with zero attached hydrogens (tertiary/aromatic N) is 4. The first-order chi connectivity index (χ1) is 23.6. The molecule has 0 bridgehead atoms. The second-order valence-electron chi connectivity index (χ2n) is 11.5. The predicted molar refractivity (Wildman–Crippen MR) is 169 cm³/mol. The number of nitrogen functional groups attached to an aromatic ring is 1. The van der Waals surface area contributed by atoms with Crippen molar-refractivity contribution in [1.29, 1.82) is 0 Å². The summed E-state index contributed by atoms with van der Waals surface area (Å²) in [4.78, 5) is 70.0. The Bertz CT molecular complexity index is 1940. The highest BCUT2D eigenvalue weighted by molar-refractivity contribution is 7.47. The Balaban J connectivity index is 1.41. The first-order valence-electron chi connectivity index (χ1n) is 15.5. The summed E-state index contributed by atoms with van der Waals surface area (Å²) in [7, 11) is -8.78. The zero-order chi connectivity index (χ0) is 36.4. The molecule has 0 aliphatic carbocycles. The van der Waals surface area contributed by atoms with Gasteiger partial charge in [0.2, 0.25) is 5.95 Å². The van der Waals surface area contributed by atoms with E-state index in [-0.39, 0.29) is 30.1 Å². The number of hydrogen-bond acceptors (Lipinski definition) is 15. The number of hydrogen-bond donors (Lipinski definition) is 5. The first kappa shape index (κ1) is 38.1. The van der Waals surface area contributed by atoms with Crippen molar-refractivity contribution in [3.05, 3.63) is 49.8 Å². The lowest BCUT2D eigenvalue weighted by Crippen LogP contribution is -2.44. The van der Waals surface area contributed by atoms with Crippen molar-refractivity contribution in [3.8, 4) is 0 Å². The SMILES string of the molecule is CCCCCC1(OP(=O)(O)OC[C@H]2O[C@@H](n3cnc4c(=O)[nH]c(N)nc43)C(OC)C2OP(=O)(O)OCC)CO[C@@H](n2ccc(=O)[nH]c2=O)C1F. The van der Waals surface area contributed by atoms with Crippen LogP contribution in [-0.2, 0) is 41.4 Å². The van der Waals surface area contributed by atoms with Gasteiger partial charge in [-0.3, -0.25) is 46.8 Å². The maximum absolute atomic E-state index is 16.2. The van der Waals surface area contributed by atoms with E-state index in [4.69, 9.17) is 38.0 Å². The number of phosphoric acid groups is 2. The van der Waals surface area contributed by atoms with Crippen molar-refractivity contribution in [3.63, 3.8) is 0 Å².